The van der Waals surface area contributed by atoms with Crippen LogP contribution in [0.3, 0.4) is 0 Å². The number of nitrogens with zero attached hydrogens (tertiary/aromatic N) is 1. The minimum atomic E-state index is -1.47. The van der Waals surface area contributed by atoms with E-state index < -0.39 is 33.8 Å². The average Bonchev–Trinajstić information content (AvgIpc) is 2.44. The van der Waals surface area contributed by atoms with Crippen LogP contribution in [0.2, 0.25) is 0 Å². The van der Waals surface area contributed by atoms with Gasteiger partial charge in [-0.25, -0.2) is 8.78 Å². The fourth-order valence-corrected chi connectivity index (χ4v) is 2.27. The first-order valence-electron chi connectivity index (χ1n) is 5.60. The summed E-state index contributed by atoms with van der Waals surface area (Å²) in [7, 11) is 0. The number of nitrogens with one attached hydrogen (secondary N) is 1. The summed E-state index contributed by atoms with van der Waals surface area (Å²) in [5, 5.41) is 12.9. The normalized spacial score (nSPS) is 10.2. The molecule has 1 amide bonds. The van der Waals surface area contributed by atoms with Crippen LogP contribution in [0.25, 0.3) is 0 Å². The SMILES string of the molecule is O=C(Nc1c([N+](=O)[O-])ccc(F)c1F)c1ccccc1I. The first-order chi connectivity index (χ1) is 9.91. The molecule has 0 unspecified atom stereocenters. The fourth-order valence-electron chi connectivity index (χ4n) is 1.64. The van der Waals surface area contributed by atoms with Crippen LogP contribution in [0.1, 0.15) is 10.4 Å². The largest absolute Gasteiger partial charge is 0.314 e. The Balaban J connectivity index is 2.44. The number of benzene rings is 2. The number of amides is 1. The van der Waals surface area contributed by atoms with Gasteiger partial charge in [-0.2, -0.15) is 0 Å². The number of nitro benzene ring substituents is 1. The molecule has 2 aromatic rings. The molecule has 5 nitrogen and oxygen atoms in total. The third-order valence-electron chi connectivity index (χ3n) is 2.63. The van der Waals surface area contributed by atoms with Crippen LogP contribution in [0.4, 0.5) is 20.2 Å². The van der Waals surface area contributed by atoms with Crippen molar-refractivity contribution in [3.05, 3.63) is 67.3 Å². The number of carbonyl (C=O) groups excluding carboxylic acids is 1. The Morgan fingerprint density at radius 3 is 2.48 bits per heavy atom. The van der Waals surface area contributed by atoms with E-state index in [0.29, 0.717) is 9.64 Å². The molecule has 0 aliphatic carbocycles. The van der Waals surface area contributed by atoms with Gasteiger partial charge in [-0.1, -0.05) is 12.1 Å². The summed E-state index contributed by atoms with van der Waals surface area (Å²) < 4.78 is 27.5. The van der Waals surface area contributed by atoms with Gasteiger partial charge in [-0.15, -0.1) is 0 Å². The summed E-state index contributed by atoms with van der Waals surface area (Å²) in [6.07, 6.45) is 0. The third kappa shape index (κ3) is 3.15. The number of carbonyl (C=O) groups is 1. The molecule has 0 radical (unpaired) electrons. The molecule has 2 rings (SSSR count). The lowest BCUT2D eigenvalue weighted by Crippen LogP contribution is -2.16. The maximum absolute atomic E-state index is 13.7. The number of halogens is 3. The van der Waals surface area contributed by atoms with Gasteiger partial charge in [0.05, 0.1) is 10.5 Å². The van der Waals surface area contributed by atoms with Gasteiger partial charge in [0.2, 0.25) is 0 Å². The number of anilines is 1. The minimum Gasteiger partial charge on any atom is -0.314 e. The number of hydrogen-bond donors (Lipinski definition) is 1. The molecule has 0 aliphatic heterocycles. The van der Waals surface area contributed by atoms with Crippen LogP contribution in [0.5, 0.6) is 0 Å². The highest BCUT2D eigenvalue weighted by Crippen LogP contribution is 2.29. The summed E-state index contributed by atoms with van der Waals surface area (Å²) >= 11 is 1.89. The Morgan fingerprint density at radius 2 is 1.86 bits per heavy atom. The zero-order valence-electron chi connectivity index (χ0n) is 10.3. The van der Waals surface area contributed by atoms with Gasteiger partial charge in [0, 0.05) is 9.64 Å². The van der Waals surface area contributed by atoms with E-state index >= 15 is 0 Å². The Labute approximate surface area is 131 Å². The minimum absolute atomic E-state index is 0.205. The predicted molar refractivity (Wildman–Crippen MR) is 80.1 cm³/mol. The molecule has 0 bridgehead atoms. The predicted octanol–water partition coefficient (Wildman–Crippen LogP) is 3.73. The number of hydrogen-bond acceptors (Lipinski definition) is 3. The molecule has 0 atom stereocenters. The molecule has 0 aliphatic rings. The van der Waals surface area contributed by atoms with Crippen molar-refractivity contribution in [2.75, 3.05) is 5.32 Å². The molecule has 108 valence electrons. The standard InChI is InChI=1S/C13H7F2IN2O3/c14-8-5-6-10(18(20)21)12(11(8)15)17-13(19)7-3-1-2-4-9(7)16/h1-6H,(H,17,19). The maximum atomic E-state index is 13.7. The van der Waals surface area contributed by atoms with E-state index in [0.717, 1.165) is 6.07 Å². The first kappa shape index (κ1) is 15.3. The summed E-state index contributed by atoms with van der Waals surface area (Å²) in [5.41, 5.74) is -1.30. The summed E-state index contributed by atoms with van der Waals surface area (Å²) in [6.45, 7) is 0. The van der Waals surface area contributed by atoms with Gasteiger partial charge in [-0.05, 0) is 40.8 Å². The third-order valence-corrected chi connectivity index (χ3v) is 3.57. The van der Waals surface area contributed by atoms with Crippen LogP contribution in [0.15, 0.2) is 36.4 Å². The Hall–Kier alpha value is -2.10. The zero-order chi connectivity index (χ0) is 15.6. The van der Waals surface area contributed by atoms with E-state index in [1.165, 1.54) is 6.07 Å². The van der Waals surface area contributed by atoms with Crippen LogP contribution < -0.4 is 5.32 Å². The van der Waals surface area contributed by atoms with Crippen molar-refractivity contribution in [1.82, 2.24) is 0 Å². The molecule has 1 N–H and O–H groups in total. The molecule has 0 spiro atoms. The second-order valence-electron chi connectivity index (χ2n) is 3.95. The van der Waals surface area contributed by atoms with Crippen molar-refractivity contribution in [3.63, 3.8) is 0 Å². The van der Waals surface area contributed by atoms with Crippen molar-refractivity contribution in [2.45, 2.75) is 0 Å². The lowest BCUT2D eigenvalue weighted by molar-refractivity contribution is -0.384. The number of rotatable bonds is 3. The monoisotopic (exact) mass is 404 g/mol. The topological polar surface area (TPSA) is 72.2 Å². The van der Waals surface area contributed by atoms with E-state index in [1.807, 2.05) is 22.6 Å². The van der Waals surface area contributed by atoms with Crippen LogP contribution >= 0.6 is 22.6 Å². The van der Waals surface area contributed by atoms with Crippen LogP contribution in [0, 0.1) is 25.3 Å². The van der Waals surface area contributed by atoms with Gasteiger partial charge in [0.1, 0.15) is 0 Å². The van der Waals surface area contributed by atoms with E-state index in [9.17, 15) is 23.7 Å². The zero-order valence-corrected chi connectivity index (χ0v) is 12.4. The van der Waals surface area contributed by atoms with Gasteiger partial charge in [0.15, 0.2) is 17.3 Å². The summed E-state index contributed by atoms with van der Waals surface area (Å²) in [5.74, 6) is -3.50. The van der Waals surface area contributed by atoms with Gasteiger partial charge >= 0.3 is 0 Å². The van der Waals surface area contributed by atoms with Gasteiger partial charge in [-0.3, -0.25) is 14.9 Å². The van der Waals surface area contributed by atoms with Crippen LogP contribution in [-0.2, 0) is 0 Å². The molecule has 0 saturated carbocycles. The maximum Gasteiger partial charge on any atom is 0.296 e. The van der Waals surface area contributed by atoms with E-state index in [2.05, 4.69) is 5.32 Å². The Bertz CT molecular complexity index is 737. The average molecular weight is 404 g/mol. The first-order valence-corrected chi connectivity index (χ1v) is 6.68. The van der Waals surface area contributed by atoms with Crippen molar-refractivity contribution in [3.8, 4) is 0 Å². The summed E-state index contributed by atoms with van der Waals surface area (Å²) in [6, 6.07) is 7.84. The summed E-state index contributed by atoms with van der Waals surface area (Å²) in [4.78, 5) is 22.0. The smallest absolute Gasteiger partial charge is 0.296 e. The Kier molecular flexibility index (Phi) is 4.46. The van der Waals surface area contributed by atoms with Crippen molar-refractivity contribution < 1.29 is 18.5 Å². The molecule has 0 heterocycles. The second-order valence-corrected chi connectivity index (χ2v) is 5.11. The fraction of sp³-hybridized carbons (Fsp3) is 0. The molecular weight excluding hydrogens is 397 g/mol. The van der Waals surface area contributed by atoms with E-state index in [1.54, 1.807) is 18.2 Å². The van der Waals surface area contributed by atoms with E-state index in [-0.39, 0.29) is 5.56 Å². The lowest BCUT2D eigenvalue weighted by Gasteiger charge is -2.08. The molecular formula is C13H7F2IN2O3. The van der Waals surface area contributed by atoms with E-state index in [4.69, 9.17) is 0 Å². The molecule has 0 fully saturated rings. The lowest BCUT2D eigenvalue weighted by atomic mass is 10.2. The van der Waals surface area contributed by atoms with Crippen molar-refractivity contribution >= 4 is 39.9 Å². The second kappa shape index (κ2) is 6.12. The number of nitro groups is 1. The molecule has 21 heavy (non-hydrogen) atoms. The van der Waals surface area contributed by atoms with Crippen molar-refractivity contribution in [1.29, 1.82) is 0 Å². The van der Waals surface area contributed by atoms with Crippen LogP contribution in [-0.4, -0.2) is 10.8 Å². The van der Waals surface area contributed by atoms with Gasteiger partial charge in [0.25, 0.3) is 11.6 Å². The van der Waals surface area contributed by atoms with Crippen molar-refractivity contribution in [2.24, 2.45) is 0 Å². The Morgan fingerprint density at radius 1 is 1.19 bits per heavy atom. The molecule has 0 saturated heterocycles. The highest BCUT2D eigenvalue weighted by Gasteiger charge is 2.24. The highest BCUT2D eigenvalue weighted by molar-refractivity contribution is 14.1. The molecule has 8 heteroatoms. The quantitative estimate of drug-likeness (QED) is 0.482. The highest BCUT2D eigenvalue weighted by atomic mass is 127. The van der Waals surface area contributed by atoms with Gasteiger partial charge < -0.3 is 5.32 Å². The molecule has 2 aromatic carbocycles. The molecule has 0 aromatic heterocycles.